The molecular formula is C10H7IO. The van der Waals surface area contributed by atoms with Crippen LogP contribution in [-0.2, 0) is 11.2 Å². The number of rotatable bonds is 0. The van der Waals surface area contributed by atoms with Gasteiger partial charge in [0.05, 0.1) is 0 Å². The van der Waals surface area contributed by atoms with Crippen LogP contribution < -0.4 is 0 Å². The molecule has 0 saturated heterocycles. The van der Waals surface area contributed by atoms with Gasteiger partial charge in [-0.1, -0.05) is 12.1 Å². The van der Waals surface area contributed by atoms with Crippen LogP contribution in [0.25, 0.3) is 6.08 Å². The van der Waals surface area contributed by atoms with Crippen LogP contribution in [0.4, 0.5) is 0 Å². The number of halogens is 1. The highest BCUT2D eigenvalue weighted by Crippen LogP contribution is 2.19. The second-order valence-electron chi connectivity index (χ2n) is 2.82. The lowest BCUT2D eigenvalue weighted by Gasteiger charge is -2.08. The van der Waals surface area contributed by atoms with Crippen LogP contribution in [0.2, 0.25) is 0 Å². The van der Waals surface area contributed by atoms with Crippen molar-refractivity contribution in [3.63, 3.8) is 0 Å². The van der Waals surface area contributed by atoms with E-state index in [2.05, 4.69) is 28.7 Å². The summed E-state index contributed by atoms with van der Waals surface area (Å²) in [6, 6.07) is 6.16. The van der Waals surface area contributed by atoms with E-state index < -0.39 is 0 Å². The average Bonchev–Trinajstić information content (AvgIpc) is 2.05. The lowest BCUT2D eigenvalue weighted by Crippen LogP contribution is -2.04. The van der Waals surface area contributed by atoms with Gasteiger partial charge in [-0.3, -0.25) is 4.79 Å². The highest BCUT2D eigenvalue weighted by molar-refractivity contribution is 14.1. The molecule has 0 aliphatic heterocycles. The molecule has 0 heterocycles. The van der Waals surface area contributed by atoms with Crippen LogP contribution in [0, 0.1) is 3.57 Å². The molecule has 0 atom stereocenters. The monoisotopic (exact) mass is 270 g/mol. The SMILES string of the molecule is O=C1C=Cc2cc(I)ccc2C1. The summed E-state index contributed by atoms with van der Waals surface area (Å²) in [5.74, 6) is 0.198. The largest absolute Gasteiger partial charge is 0.294 e. The number of benzene rings is 1. The van der Waals surface area contributed by atoms with Gasteiger partial charge >= 0.3 is 0 Å². The molecule has 1 aliphatic rings. The van der Waals surface area contributed by atoms with Gasteiger partial charge in [0.2, 0.25) is 0 Å². The zero-order chi connectivity index (χ0) is 8.55. The van der Waals surface area contributed by atoms with Crippen molar-refractivity contribution >= 4 is 34.5 Å². The Kier molecular flexibility index (Phi) is 2.00. The smallest absolute Gasteiger partial charge is 0.160 e. The fourth-order valence-electron chi connectivity index (χ4n) is 1.31. The van der Waals surface area contributed by atoms with E-state index in [1.165, 1.54) is 9.13 Å². The molecule has 2 heteroatoms. The van der Waals surface area contributed by atoms with E-state index in [-0.39, 0.29) is 5.78 Å². The molecule has 1 aromatic carbocycles. The summed E-state index contributed by atoms with van der Waals surface area (Å²) in [5, 5.41) is 0. The predicted molar refractivity (Wildman–Crippen MR) is 56.9 cm³/mol. The summed E-state index contributed by atoms with van der Waals surface area (Å²) in [6.45, 7) is 0. The molecule has 0 saturated carbocycles. The van der Waals surface area contributed by atoms with Gasteiger partial charge in [-0.15, -0.1) is 0 Å². The van der Waals surface area contributed by atoms with Gasteiger partial charge in [0.15, 0.2) is 5.78 Å². The van der Waals surface area contributed by atoms with E-state index in [0.717, 1.165) is 5.56 Å². The van der Waals surface area contributed by atoms with E-state index in [1.54, 1.807) is 6.08 Å². The van der Waals surface area contributed by atoms with Crippen LogP contribution in [-0.4, -0.2) is 5.78 Å². The Morgan fingerprint density at radius 3 is 2.92 bits per heavy atom. The summed E-state index contributed by atoms with van der Waals surface area (Å²) in [6.07, 6.45) is 4.10. The number of hydrogen-bond acceptors (Lipinski definition) is 1. The number of ketones is 1. The molecule has 0 spiro atoms. The minimum absolute atomic E-state index is 0.198. The van der Waals surface area contributed by atoms with Gasteiger partial charge in [-0.2, -0.15) is 0 Å². The van der Waals surface area contributed by atoms with Crippen molar-refractivity contribution in [2.75, 3.05) is 0 Å². The maximum atomic E-state index is 11.0. The van der Waals surface area contributed by atoms with E-state index in [1.807, 2.05) is 18.2 Å². The second kappa shape index (κ2) is 3.01. The molecule has 0 aromatic heterocycles. The molecule has 0 unspecified atom stereocenters. The third-order valence-electron chi connectivity index (χ3n) is 1.92. The number of fused-ring (bicyclic) bond motifs is 1. The standard InChI is InChI=1S/C10H7IO/c11-9-3-1-8-6-10(12)4-2-7(8)5-9/h1-5H,6H2. The minimum Gasteiger partial charge on any atom is -0.294 e. The van der Waals surface area contributed by atoms with Crippen LogP contribution in [0.5, 0.6) is 0 Å². The lowest BCUT2D eigenvalue weighted by atomic mass is 9.97. The van der Waals surface area contributed by atoms with Crippen LogP contribution >= 0.6 is 22.6 Å². The summed E-state index contributed by atoms with van der Waals surface area (Å²) in [7, 11) is 0. The maximum Gasteiger partial charge on any atom is 0.160 e. The first kappa shape index (κ1) is 7.98. The van der Waals surface area contributed by atoms with Gasteiger partial charge in [-0.05, 0) is 51.9 Å². The Labute approximate surface area is 84.6 Å². The highest BCUT2D eigenvalue weighted by Gasteiger charge is 2.09. The Hall–Kier alpha value is -0.640. The summed E-state index contributed by atoms with van der Waals surface area (Å²) in [5.41, 5.74) is 2.32. The molecule has 1 nitrogen and oxygen atoms in total. The summed E-state index contributed by atoms with van der Waals surface area (Å²) >= 11 is 2.27. The summed E-state index contributed by atoms with van der Waals surface area (Å²) < 4.78 is 1.21. The number of hydrogen-bond donors (Lipinski definition) is 0. The summed E-state index contributed by atoms with van der Waals surface area (Å²) in [4.78, 5) is 11.0. The molecule has 0 radical (unpaired) electrons. The number of allylic oxidation sites excluding steroid dienone is 1. The van der Waals surface area contributed by atoms with E-state index in [4.69, 9.17) is 0 Å². The zero-order valence-electron chi connectivity index (χ0n) is 6.38. The molecule has 0 N–H and O–H groups in total. The van der Waals surface area contributed by atoms with Crippen LogP contribution in [0.3, 0.4) is 0 Å². The topological polar surface area (TPSA) is 17.1 Å². The Morgan fingerprint density at radius 2 is 2.08 bits per heavy atom. The molecule has 60 valence electrons. The number of carbonyl (C=O) groups is 1. The van der Waals surface area contributed by atoms with Crippen molar-refractivity contribution < 1.29 is 4.79 Å². The average molecular weight is 270 g/mol. The van der Waals surface area contributed by atoms with Gasteiger partial charge in [0.1, 0.15) is 0 Å². The molecule has 0 amide bonds. The van der Waals surface area contributed by atoms with Gasteiger partial charge < -0.3 is 0 Å². The van der Waals surface area contributed by atoms with Gasteiger partial charge in [-0.25, -0.2) is 0 Å². The molecule has 2 rings (SSSR count). The third kappa shape index (κ3) is 1.43. The normalized spacial score (nSPS) is 14.6. The quantitative estimate of drug-likeness (QED) is 0.662. The van der Waals surface area contributed by atoms with E-state index >= 15 is 0 Å². The zero-order valence-corrected chi connectivity index (χ0v) is 8.54. The Balaban J connectivity index is 2.54. The highest BCUT2D eigenvalue weighted by atomic mass is 127. The van der Waals surface area contributed by atoms with Crippen molar-refractivity contribution in [3.05, 3.63) is 39.0 Å². The molecule has 0 fully saturated rings. The Morgan fingerprint density at radius 1 is 1.25 bits per heavy atom. The van der Waals surface area contributed by atoms with Crippen molar-refractivity contribution in [2.24, 2.45) is 0 Å². The van der Waals surface area contributed by atoms with Crippen molar-refractivity contribution in [1.82, 2.24) is 0 Å². The Bertz CT molecular complexity index is 366. The predicted octanol–water partition coefficient (Wildman–Crippen LogP) is 2.43. The van der Waals surface area contributed by atoms with Crippen molar-refractivity contribution in [3.8, 4) is 0 Å². The minimum atomic E-state index is 0.198. The van der Waals surface area contributed by atoms with Gasteiger partial charge in [0.25, 0.3) is 0 Å². The first-order valence-corrected chi connectivity index (χ1v) is 4.83. The van der Waals surface area contributed by atoms with Crippen molar-refractivity contribution in [2.45, 2.75) is 6.42 Å². The van der Waals surface area contributed by atoms with Crippen LogP contribution in [0.1, 0.15) is 11.1 Å². The van der Waals surface area contributed by atoms with Gasteiger partial charge in [0, 0.05) is 9.99 Å². The molecular weight excluding hydrogens is 263 g/mol. The molecule has 0 bridgehead atoms. The molecule has 1 aliphatic carbocycles. The fraction of sp³-hybridized carbons (Fsp3) is 0.100. The van der Waals surface area contributed by atoms with Crippen LogP contribution in [0.15, 0.2) is 24.3 Å². The second-order valence-corrected chi connectivity index (χ2v) is 4.07. The first-order chi connectivity index (χ1) is 5.75. The molecule has 12 heavy (non-hydrogen) atoms. The van der Waals surface area contributed by atoms with Crippen molar-refractivity contribution in [1.29, 1.82) is 0 Å². The fourth-order valence-corrected chi connectivity index (χ4v) is 1.83. The van der Waals surface area contributed by atoms with E-state index in [0.29, 0.717) is 6.42 Å². The third-order valence-corrected chi connectivity index (χ3v) is 2.59. The molecule has 1 aromatic rings. The lowest BCUT2D eigenvalue weighted by molar-refractivity contribution is -0.114. The maximum absolute atomic E-state index is 11.0. The van der Waals surface area contributed by atoms with E-state index in [9.17, 15) is 4.79 Å². The number of carbonyl (C=O) groups excluding carboxylic acids is 1. The first-order valence-electron chi connectivity index (χ1n) is 3.75.